The molecule has 0 saturated heterocycles. The Hall–Kier alpha value is -1.14. The van der Waals surface area contributed by atoms with Gasteiger partial charge in [-0.15, -0.1) is 0 Å². The summed E-state index contributed by atoms with van der Waals surface area (Å²) in [4.78, 5) is 25.9. The summed E-state index contributed by atoms with van der Waals surface area (Å²) >= 11 is 0. The van der Waals surface area contributed by atoms with Crippen LogP contribution in [-0.2, 0) is 14.4 Å². The molecule has 0 aliphatic carbocycles. The molecule has 0 radical (unpaired) electrons. The van der Waals surface area contributed by atoms with Crippen molar-refractivity contribution in [1.29, 1.82) is 0 Å². The molecule has 1 unspecified atom stereocenters. The Morgan fingerprint density at radius 1 is 1.43 bits per heavy atom. The number of amides is 2. The number of nitrogens with one attached hydrogen (secondary N) is 1. The predicted octanol–water partition coefficient (Wildman–Crippen LogP) is -1.11. The van der Waals surface area contributed by atoms with E-state index in [-0.39, 0.29) is 6.61 Å². The lowest BCUT2D eigenvalue weighted by molar-refractivity contribution is -0.139. The predicted molar refractivity (Wildman–Crippen MR) is 50.7 cm³/mol. The first kappa shape index (κ1) is 12.9. The van der Waals surface area contributed by atoms with E-state index in [1.165, 1.54) is 0 Å². The van der Waals surface area contributed by atoms with E-state index >= 15 is 0 Å². The number of nitrogens with two attached hydrogens (primary N) is 2. The van der Waals surface area contributed by atoms with E-state index in [4.69, 9.17) is 11.5 Å². The molecule has 2 amide bonds. The van der Waals surface area contributed by atoms with Crippen molar-refractivity contribution in [1.82, 2.24) is 5.48 Å². The van der Waals surface area contributed by atoms with Gasteiger partial charge < -0.3 is 11.5 Å². The van der Waals surface area contributed by atoms with Gasteiger partial charge in [0.05, 0.1) is 6.04 Å². The lowest BCUT2D eigenvalue weighted by Gasteiger charge is -2.13. The minimum atomic E-state index is -0.650. The summed E-state index contributed by atoms with van der Waals surface area (Å²) < 4.78 is 0. The molecule has 5 N–H and O–H groups in total. The first-order valence-electron chi connectivity index (χ1n) is 4.39. The first-order valence-corrected chi connectivity index (χ1v) is 4.39. The molecule has 0 aromatic carbocycles. The second kappa shape index (κ2) is 6.33. The van der Waals surface area contributed by atoms with Crippen molar-refractivity contribution in [2.24, 2.45) is 17.4 Å². The van der Waals surface area contributed by atoms with Crippen molar-refractivity contribution in [3.8, 4) is 0 Å². The van der Waals surface area contributed by atoms with Gasteiger partial charge in [0.2, 0.25) is 5.91 Å². The highest BCUT2D eigenvalue weighted by molar-refractivity contribution is 5.81. The molecule has 0 saturated carbocycles. The molecule has 14 heavy (non-hydrogen) atoms. The third kappa shape index (κ3) is 6.38. The molecule has 0 bridgehead atoms. The smallest absolute Gasteiger partial charge is 0.260 e. The zero-order chi connectivity index (χ0) is 11.1. The van der Waals surface area contributed by atoms with Gasteiger partial charge in [-0.05, 0) is 12.3 Å². The molecule has 0 aromatic heterocycles. The number of rotatable bonds is 6. The topological polar surface area (TPSA) is 107 Å². The van der Waals surface area contributed by atoms with E-state index in [2.05, 4.69) is 10.3 Å². The second-order valence-electron chi connectivity index (χ2n) is 3.46. The molecule has 0 fully saturated rings. The van der Waals surface area contributed by atoms with Crippen molar-refractivity contribution < 1.29 is 14.4 Å². The fourth-order valence-corrected chi connectivity index (χ4v) is 0.869. The molecule has 0 spiro atoms. The minimum Gasteiger partial charge on any atom is -0.368 e. The van der Waals surface area contributed by atoms with Crippen LogP contribution in [0.3, 0.4) is 0 Å². The van der Waals surface area contributed by atoms with Crippen LogP contribution in [0.4, 0.5) is 0 Å². The zero-order valence-electron chi connectivity index (χ0n) is 8.45. The minimum absolute atomic E-state index is 0.326. The largest absolute Gasteiger partial charge is 0.368 e. The van der Waals surface area contributed by atoms with Crippen LogP contribution in [0.1, 0.15) is 20.3 Å². The molecule has 0 aliphatic rings. The molecule has 6 heteroatoms. The van der Waals surface area contributed by atoms with E-state index in [9.17, 15) is 9.59 Å². The van der Waals surface area contributed by atoms with Crippen LogP contribution < -0.4 is 16.9 Å². The first-order chi connectivity index (χ1) is 6.43. The van der Waals surface area contributed by atoms with Gasteiger partial charge in [-0.1, -0.05) is 13.8 Å². The Labute approximate surface area is 82.9 Å². The zero-order valence-corrected chi connectivity index (χ0v) is 8.45. The summed E-state index contributed by atoms with van der Waals surface area (Å²) in [6.45, 7) is 3.56. The maximum Gasteiger partial charge on any atom is 0.260 e. The Balaban J connectivity index is 3.67. The van der Waals surface area contributed by atoms with Gasteiger partial charge in [0.25, 0.3) is 5.91 Å². The Morgan fingerprint density at radius 3 is 2.43 bits per heavy atom. The average Bonchev–Trinajstić information content (AvgIpc) is 2.01. The summed E-state index contributed by atoms with van der Waals surface area (Å²) in [6.07, 6.45) is 0.561. The van der Waals surface area contributed by atoms with E-state index in [0.717, 1.165) is 0 Å². The lowest BCUT2D eigenvalue weighted by Crippen LogP contribution is -2.42. The Morgan fingerprint density at radius 2 is 2.00 bits per heavy atom. The molecular weight excluding hydrogens is 186 g/mol. The van der Waals surface area contributed by atoms with E-state index in [0.29, 0.717) is 12.3 Å². The maximum absolute atomic E-state index is 11.1. The van der Waals surface area contributed by atoms with Crippen molar-refractivity contribution >= 4 is 11.8 Å². The summed E-state index contributed by atoms with van der Waals surface area (Å²) in [5.41, 5.74) is 12.4. The molecule has 0 aliphatic heterocycles. The highest BCUT2D eigenvalue weighted by Crippen LogP contribution is 2.02. The molecule has 0 rings (SSSR count). The summed E-state index contributed by atoms with van der Waals surface area (Å²) in [6, 6.07) is -0.622. The SMILES string of the molecule is CC(C)CC(N)C(=O)NOCC(N)=O. The monoisotopic (exact) mass is 203 g/mol. The van der Waals surface area contributed by atoms with E-state index < -0.39 is 17.9 Å². The molecule has 0 heterocycles. The van der Waals surface area contributed by atoms with Crippen LogP contribution in [0.5, 0.6) is 0 Å². The maximum atomic E-state index is 11.1. The van der Waals surface area contributed by atoms with Gasteiger partial charge in [0.1, 0.15) is 0 Å². The van der Waals surface area contributed by atoms with Gasteiger partial charge in [0.15, 0.2) is 6.61 Å². The van der Waals surface area contributed by atoms with E-state index in [1.54, 1.807) is 0 Å². The van der Waals surface area contributed by atoms with Gasteiger partial charge >= 0.3 is 0 Å². The Bertz CT molecular complexity index is 206. The molecular formula is C8H17N3O3. The van der Waals surface area contributed by atoms with Crippen molar-refractivity contribution in [3.63, 3.8) is 0 Å². The van der Waals surface area contributed by atoms with Gasteiger partial charge in [-0.3, -0.25) is 14.4 Å². The normalized spacial score (nSPS) is 12.6. The number of hydrogen-bond acceptors (Lipinski definition) is 4. The van der Waals surface area contributed by atoms with Gasteiger partial charge in [0, 0.05) is 0 Å². The third-order valence-corrected chi connectivity index (χ3v) is 1.45. The Kier molecular flexibility index (Phi) is 5.82. The van der Waals surface area contributed by atoms with Crippen LogP contribution in [-0.4, -0.2) is 24.5 Å². The van der Waals surface area contributed by atoms with Crippen LogP contribution in [0, 0.1) is 5.92 Å². The highest BCUT2D eigenvalue weighted by Gasteiger charge is 2.14. The van der Waals surface area contributed by atoms with Crippen LogP contribution in [0.2, 0.25) is 0 Å². The number of carbonyl (C=O) groups excluding carboxylic acids is 2. The summed E-state index contributed by atoms with van der Waals surface area (Å²) in [7, 11) is 0. The number of hydrogen-bond donors (Lipinski definition) is 3. The third-order valence-electron chi connectivity index (χ3n) is 1.45. The quantitative estimate of drug-likeness (QED) is 0.476. The van der Waals surface area contributed by atoms with Crippen LogP contribution in [0.15, 0.2) is 0 Å². The van der Waals surface area contributed by atoms with Crippen molar-refractivity contribution in [2.45, 2.75) is 26.3 Å². The van der Waals surface area contributed by atoms with Gasteiger partial charge in [-0.2, -0.15) is 0 Å². The molecule has 6 nitrogen and oxygen atoms in total. The van der Waals surface area contributed by atoms with Gasteiger partial charge in [-0.25, -0.2) is 5.48 Å². The second-order valence-corrected chi connectivity index (χ2v) is 3.46. The fraction of sp³-hybridized carbons (Fsp3) is 0.750. The standard InChI is InChI=1S/C8H17N3O3/c1-5(2)3-6(9)8(13)11-14-4-7(10)12/h5-6H,3-4,9H2,1-2H3,(H2,10,12)(H,11,13). The highest BCUT2D eigenvalue weighted by atomic mass is 16.7. The van der Waals surface area contributed by atoms with E-state index in [1.807, 2.05) is 13.8 Å². The molecule has 82 valence electrons. The van der Waals surface area contributed by atoms with Crippen LogP contribution >= 0.6 is 0 Å². The summed E-state index contributed by atoms with van der Waals surface area (Å²) in [5, 5.41) is 0. The average molecular weight is 203 g/mol. The molecule has 1 atom stereocenters. The number of hydroxylamine groups is 1. The van der Waals surface area contributed by atoms with Crippen molar-refractivity contribution in [2.75, 3.05) is 6.61 Å². The lowest BCUT2D eigenvalue weighted by atomic mass is 10.0. The fourth-order valence-electron chi connectivity index (χ4n) is 0.869. The molecule has 0 aromatic rings. The number of primary amides is 1. The summed E-state index contributed by atoms with van der Waals surface area (Å²) in [5.74, 6) is -0.769. The number of carbonyl (C=O) groups is 2. The van der Waals surface area contributed by atoms with Crippen molar-refractivity contribution in [3.05, 3.63) is 0 Å². The van der Waals surface area contributed by atoms with Crippen LogP contribution in [0.25, 0.3) is 0 Å².